The van der Waals surface area contributed by atoms with Crippen molar-refractivity contribution in [2.45, 2.75) is 0 Å². The molecule has 0 N–H and O–H groups in total. The zero-order valence-corrected chi connectivity index (χ0v) is 23.9. The summed E-state index contributed by atoms with van der Waals surface area (Å²) in [6.45, 7) is 0. The van der Waals surface area contributed by atoms with Crippen LogP contribution in [0.2, 0.25) is 0 Å². The zero-order valence-electron chi connectivity index (χ0n) is 23.9. The standard InChI is InChI=1S/C42H26N2/c1-3-13-27(14-4-1)38-26-39(44-42(43-38)28-15-5-2-6-16-28)37-25-29-17-11-22-34-32-20-9-7-18-30(32)31-19-8-10-21-33(31)35-23-12-24-36(37)41(35)40(29)34/h1-26H. The van der Waals surface area contributed by atoms with Gasteiger partial charge in [0.1, 0.15) is 0 Å². The molecular weight excluding hydrogens is 532 g/mol. The minimum absolute atomic E-state index is 0.723. The van der Waals surface area contributed by atoms with Crippen molar-refractivity contribution in [1.82, 2.24) is 9.97 Å². The van der Waals surface area contributed by atoms with E-state index >= 15 is 0 Å². The number of aromatic nitrogens is 2. The summed E-state index contributed by atoms with van der Waals surface area (Å²) < 4.78 is 0. The molecule has 0 atom stereocenters. The lowest BCUT2D eigenvalue weighted by atomic mass is 9.87. The van der Waals surface area contributed by atoms with Crippen LogP contribution in [-0.2, 0) is 0 Å². The van der Waals surface area contributed by atoms with Crippen LogP contribution in [-0.4, -0.2) is 9.97 Å². The topological polar surface area (TPSA) is 25.8 Å². The van der Waals surface area contributed by atoms with Crippen molar-refractivity contribution in [2.75, 3.05) is 0 Å². The number of benzene rings is 7. The fraction of sp³-hybridized carbons (Fsp3) is 0. The minimum atomic E-state index is 0.723. The van der Waals surface area contributed by atoms with Gasteiger partial charge >= 0.3 is 0 Å². The van der Waals surface area contributed by atoms with Crippen molar-refractivity contribution < 1.29 is 0 Å². The number of hydrogen-bond donors (Lipinski definition) is 0. The first-order valence-electron chi connectivity index (χ1n) is 15.0. The molecule has 0 aliphatic heterocycles. The fourth-order valence-electron chi connectivity index (χ4n) is 6.87. The van der Waals surface area contributed by atoms with E-state index in [9.17, 15) is 0 Å². The maximum atomic E-state index is 5.24. The lowest BCUT2D eigenvalue weighted by Crippen LogP contribution is -1.97. The van der Waals surface area contributed by atoms with Crippen molar-refractivity contribution >= 4 is 53.9 Å². The van der Waals surface area contributed by atoms with Crippen molar-refractivity contribution in [1.29, 1.82) is 0 Å². The molecule has 9 rings (SSSR count). The maximum Gasteiger partial charge on any atom is 0.160 e. The normalized spacial score (nSPS) is 11.6. The van der Waals surface area contributed by atoms with Crippen LogP contribution in [0.15, 0.2) is 158 Å². The van der Waals surface area contributed by atoms with Gasteiger partial charge in [0.15, 0.2) is 5.82 Å². The molecule has 0 spiro atoms. The van der Waals surface area contributed by atoms with Gasteiger partial charge in [-0.15, -0.1) is 0 Å². The van der Waals surface area contributed by atoms with Gasteiger partial charge in [-0.05, 0) is 66.0 Å². The van der Waals surface area contributed by atoms with Crippen LogP contribution in [0, 0.1) is 0 Å². The maximum absolute atomic E-state index is 5.24. The van der Waals surface area contributed by atoms with Crippen LogP contribution in [0.25, 0.3) is 87.8 Å². The molecule has 0 fully saturated rings. The molecule has 0 radical (unpaired) electrons. The Labute approximate surface area is 254 Å². The molecule has 0 aliphatic carbocycles. The van der Waals surface area contributed by atoms with Gasteiger partial charge in [0, 0.05) is 16.7 Å². The first-order valence-corrected chi connectivity index (χ1v) is 15.0. The van der Waals surface area contributed by atoms with E-state index in [1.165, 1.54) is 53.9 Å². The summed E-state index contributed by atoms with van der Waals surface area (Å²) in [5, 5.41) is 12.5. The third-order valence-electron chi connectivity index (χ3n) is 8.83. The van der Waals surface area contributed by atoms with Gasteiger partial charge in [0.25, 0.3) is 0 Å². The second kappa shape index (κ2) is 9.86. The summed E-state index contributed by atoms with van der Waals surface area (Å²) in [4.78, 5) is 10.3. The highest BCUT2D eigenvalue weighted by molar-refractivity contribution is 6.34. The van der Waals surface area contributed by atoms with Crippen LogP contribution in [0.1, 0.15) is 0 Å². The molecule has 8 aromatic carbocycles. The van der Waals surface area contributed by atoms with Gasteiger partial charge in [0.2, 0.25) is 0 Å². The third kappa shape index (κ3) is 3.82. The van der Waals surface area contributed by atoms with Gasteiger partial charge in [-0.25, -0.2) is 9.97 Å². The molecule has 2 heteroatoms. The van der Waals surface area contributed by atoms with Crippen LogP contribution < -0.4 is 0 Å². The summed E-state index contributed by atoms with van der Waals surface area (Å²) in [5.41, 5.74) is 5.00. The van der Waals surface area contributed by atoms with Crippen LogP contribution in [0.5, 0.6) is 0 Å². The second-order valence-corrected chi connectivity index (χ2v) is 11.3. The quantitative estimate of drug-likeness (QED) is 0.202. The van der Waals surface area contributed by atoms with Crippen molar-refractivity contribution in [2.24, 2.45) is 0 Å². The molecule has 0 saturated carbocycles. The summed E-state index contributed by atoms with van der Waals surface area (Å²) in [6.07, 6.45) is 0. The van der Waals surface area contributed by atoms with E-state index in [2.05, 4.69) is 133 Å². The van der Waals surface area contributed by atoms with E-state index in [0.717, 1.165) is 33.9 Å². The Morgan fingerprint density at radius 1 is 0.318 bits per heavy atom. The molecule has 0 unspecified atom stereocenters. The molecule has 0 amide bonds. The van der Waals surface area contributed by atoms with E-state index in [4.69, 9.17) is 9.97 Å². The Balaban J connectivity index is 1.47. The Morgan fingerprint density at radius 3 is 1.45 bits per heavy atom. The smallest absolute Gasteiger partial charge is 0.160 e. The predicted molar refractivity (Wildman–Crippen MR) is 186 cm³/mol. The first-order chi connectivity index (χ1) is 21.8. The number of nitrogens with zero attached hydrogens (tertiary/aromatic N) is 2. The van der Waals surface area contributed by atoms with Gasteiger partial charge in [0.05, 0.1) is 11.4 Å². The molecule has 44 heavy (non-hydrogen) atoms. The van der Waals surface area contributed by atoms with E-state index in [0.29, 0.717) is 0 Å². The van der Waals surface area contributed by atoms with E-state index in [1.54, 1.807) is 0 Å². The third-order valence-corrected chi connectivity index (χ3v) is 8.83. The average molecular weight is 559 g/mol. The SMILES string of the molecule is c1ccc(-c2cc(-c3cc4cccc5c6ccccc6c6ccccc6c6cccc3c6c45)nc(-c3ccccc3)n2)cc1. The van der Waals surface area contributed by atoms with Crippen LogP contribution in [0.3, 0.4) is 0 Å². The zero-order chi connectivity index (χ0) is 29.0. The number of hydrogen-bond acceptors (Lipinski definition) is 2. The van der Waals surface area contributed by atoms with E-state index < -0.39 is 0 Å². The largest absolute Gasteiger partial charge is 0.228 e. The molecule has 0 saturated heterocycles. The summed E-state index contributed by atoms with van der Waals surface area (Å²) in [6, 6.07) is 56.2. The van der Waals surface area contributed by atoms with Gasteiger partial charge < -0.3 is 0 Å². The van der Waals surface area contributed by atoms with E-state index in [-0.39, 0.29) is 0 Å². The molecule has 0 aliphatic rings. The molecule has 2 nitrogen and oxygen atoms in total. The monoisotopic (exact) mass is 558 g/mol. The Hall–Kier alpha value is -5.86. The minimum Gasteiger partial charge on any atom is -0.228 e. The first kappa shape index (κ1) is 24.7. The molecule has 1 heterocycles. The fourth-order valence-corrected chi connectivity index (χ4v) is 6.87. The average Bonchev–Trinajstić information content (AvgIpc) is 3.10. The Kier molecular flexibility index (Phi) is 5.54. The van der Waals surface area contributed by atoms with Gasteiger partial charge in [-0.3, -0.25) is 0 Å². The van der Waals surface area contributed by atoms with Gasteiger partial charge in [-0.1, -0.05) is 146 Å². The summed E-state index contributed by atoms with van der Waals surface area (Å²) in [5.74, 6) is 0.723. The highest BCUT2D eigenvalue weighted by atomic mass is 14.9. The lowest BCUT2D eigenvalue weighted by Gasteiger charge is -2.17. The summed E-state index contributed by atoms with van der Waals surface area (Å²) >= 11 is 0. The highest BCUT2D eigenvalue weighted by Gasteiger charge is 2.18. The predicted octanol–water partition coefficient (Wildman–Crippen LogP) is 11.2. The molecule has 204 valence electrons. The Morgan fingerprint density at radius 2 is 0.795 bits per heavy atom. The molecular formula is C42H26N2. The van der Waals surface area contributed by atoms with Crippen molar-refractivity contribution in [3.05, 3.63) is 158 Å². The number of fused-ring (bicyclic) bond motifs is 5. The van der Waals surface area contributed by atoms with Crippen LogP contribution >= 0.6 is 0 Å². The lowest BCUT2D eigenvalue weighted by molar-refractivity contribution is 1.19. The molecule has 1 aromatic heterocycles. The number of rotatable bonds is 3. The van der Waals surface area contributed by atoms with Gasteiger partial charge in [-0.2, -0.15) is 0 Å². The van der Waals surface area contributed by atoms with Crippen molar-refractivity contribution in [3.63, 3.8) is 0 Å². The van der Waals surface area contributed by atoms with Crippen LogP contribution in [0.4, 0.5) is 0 Å². The molecule has 9 aromatic rings. The van der Waals surface area contributed by atoms with Crippen molar-refractivity contribution in [3.8, 4) is 33.9 Å². The van der Waals surface area contributed by atoms with E-state index in [1.807, 2.05) is 24.3 Å². The second-order valence-electron chi connectivity index (χ2n) is 11.3. The molecule has 0 bridgehead atoms. The summed E-state index contributed by atoms with van der Waals surface area (Å²) in [7, 11) is 0. The Bertz CT molecular complexity index is 2480. The highest BCUT2D eigenvalue weighted by Crippen LogP contribution is 2.43.